The van der Waals surface area contributed by atoms with Gasteiger partial charge in [-0.2, -0.15) is 0 Å². The lowest BCUT2D eigenvalue weighted by molar-refractivity contribution is -0.371. The average Bonchev–Trinajstić information content (AvgIpc) is 3.22. The lowest BCUT2D eigenvalue weighted by atomic mass is 9.33. The molecular formula is C48H74O16. The molecule has 5 aliphatic carbocycles. The molecule has 362 valence electrons. The van der Waals surface area contributed by atoms with E-state index in [0.717, 1.165) is 44.1 Å². The maximum Gasteiger partial charge on any atom is 0.338 e. The van der Waals surface area contributed by atoms with Crippen LogP contribution in [-0.4, -0.2) is 135 Å². The zero-order valence-electron chi connectivity index (χ0n) is 39.1. The summed E-state index contributed by atoms with van der Waals surface area (Å²) in [4.78, 5) is 53.6. The second-order valence-electron chi connectivity index (χ2n) is 22.2. The number of aliphatic hydroxyl groups is 5. The highest BCUT2D eigenvalue weighted by atomic mass is 16.8. The van der Waals surface area contributed by atoms with E-state index in [1.807, 2.05) is 19.9 Å². The number of fused-ring (bicyclic) bond motifs is 7. The molecule has 16 heteroatoms. The molecule has 0 aromatic heterocycles. The van der Waals surface area contributed by atoms with Gasteiger partial charge in [0, 0.05) is 5.92 Å². The number of aliphatic carboxylic acids is 1. The normalized spacial score (nSPS) is 48.7. The summed E-state index contributed by atoms with van der Waals surface area (Å²) in [5.41, 5.74) is -1.67. The van der Waals surface area contributed by atoms with Crippen LogP contribution in [0, 0.1) is 50.2 Å². The summed E-state index contributed by atoms with van der Waals surface area (Å²) < 4.78 is 35.1. The SMILES string of the molecule is CCCCOC(=O)[C@H]1O[C@@H](OC2CC[C@@]3(C)C(CC[C@]4(C)C3C(=O)C=C3C5C[C@@](C)(C(=O)O)CC[C@]5(C)CCC34C)C2(C)C)[C@H](O[C@@H]2O[C@H](C(=O)OCC)[C@@H](O)[C@@H](O)[C@H]2O)[C@H](O)[C@@H]1O. The van der Waals surface area contributed by atoms with Gasteiger partial charge in [-0.05, 0) is 123 Å². The molecule has 7 aliphatic rings. The Bertz CT molecular complexity index is 1830. The molecule has 0 bridgehead atoms. The highest BCUT2D eigenvalue weighted by Crippen LogP contribution is 2.75. The number of esters is 2. The van der Waals surface area contributed by atoms with Crippen molar-refractivity contribution in [1.82, 2.24) is 0 Å². The molecule has 0 amide bonds. The fraction of sp³-hybridized carbons (Fsp3) is 0.875. The van der Waals surface area contributed by atoms with Crippen molar-refractivity contribution in [2.75, 3.05) is 13.2 Å². The van der Waals surface area contributed by atoms with E-state index in [2.05, 4.69) is 41.5 Å². The number of carboxylic acid groups (broad SMARTS) is 1. The molecule has 2 heterocycles. The third-order valence-electron chi connectivity index (χ3n) is 18.2. The fourth-order valence-corrected chi connectivity index (χ4v) is 14.0. The lowest BCUT2D eigenvalue weighted by Crippen LogP contribution is -2.68. The zero-order valence-corrected chi connectivity index (χ0v) is 39.1. The Balaban J connectivity index is 1.18. The van der Waals surface area contributed by atoms with Crippen LogP contribution in [0.1, 0.15) is 133 Å². The fourth-order valence-electron chi connectivity index (χ4n) is 14.0. The van der Waals surface area contributed by atoms with Gasteiger partial charge in [-0.3, -0.25) is 9.59 Å². The number of ketones is 1. The Morgan fingerprint density at radius 1 is 0.734 bits per heavy atom. The molecule has 2 saturated heterocycles. The topological polar surface area (TPSA) is 245 Å². The third-order valence-corrected chi connectivity index (χ3v) is 18.2. The van der Waals surface area contributed by atoms with E-state index in [1.54, 1.807) is 0 Å². The smallest absolute Gasteiger partial charge is 0.338 e. The number of ether oxygens (including phenoxy) is 6. The number of hydrogen-bond acceptors (Lipinski definition) is 15. The van der Waals surface area contributed by atoms with E-state index in [9.17, 15) is 49.8 Å². The van der Waals surface area contributed by atoms with Crippen LogP contribution < -0.4 is 0 Å². The summed E-state index contributed by atoms with van der Waals surface area (Å²) in [5.74, 6) is -3.04. The number of allylic oxidation sites excluding steroid dienone is 2. The predicted octanol–water partition coefficient (Wildman–Crippen LogP) is 3.98. The van der Waals surface area contributed by atoms with Crippen molar-refractivity contribution >= 4 is 23.7 Å². The van der Waals surface area contributed by atoms with Crippen LogP contribution >= 0.6 is 0 Å². The van der Waals surface area contributed by atoms with Gasteiger partial charge in [0.05, 0.1) is 24.7 Å². The van der Waals surface area contributed by atoms with Gasteiger partial charge in [-0.15, -0.1) is 0 Å². The predicted molar refractivity (Wildman–Crippen MR) is 227 cm³/mol. The Morgan fingerprint density at radius 3 is 2.00 bits per heavy atom. The van der Waals surface area contributed by atoms with E-state index in [4.69, 9.17) is 28.4 Å². The third kappa shape index (κ3) is 7.79. The van der Waals surface area contributed by atoms with E-state index in [-0.39, 0.29) is 47.6 Å². The first-order chi connectivity index (χ1) is 29.8. The summed E-state index contributed by atoms with van der Waals surface area (Å²) in [6.45, 7) is 18.6. The summed E-state index contributed by atoms with van der Waals surface area (Å²) in [7, 11) is 0. The van der Waals surface area contributed by atoms with E-state index < -0.39 is 107 Å². The minimum atomic E-state index is -1.94. The molecule has 4 saturated carbocycles. The summed E-state index contributed by atoms with van der Waals surface area (Å²) >= 11 is 0. The Labute approximate surface area is 376 Å². The largest absolute Gasteiger partial charge is 0.481 e. The maximum atomic E-state index is 15.0. The van der Waals surface area contributed by atoms with Crippen molar-refractivity contribution < 1.29 is 78.2 Å². The average molecular weight is 907 g/mol. The number of hydrogen-bond donors (Lipinski definition) is 6. The monoisotopic (exact) mass is 906 g/mol. The second kappa shape index (κ2) is 17.5. The van der Waals surface area contributed by atoms with Crippen LogP contribution in [0.2, 0.25) is 0 Å². The van der Waals surface area contributed by atoms with Gasteiger partial charge in [0.15, 0.2) is 30.6 Å². The molecule has 0 spiro atoms. The Kier molecular flexibility index (Phi) is 13.5. The molecule has 6 N–H and O–H groups in total. The zero-order chi connectivity index (χ0) is 47.1. The molecule has 16 nitrogen and oxygen atoms in total. The summed E-state index contributed by atoms with van der Waals surface area (Å²) in [6, 6.07) is 0. The van der Waals surface area contributed by atoms with Gasteiger partial charge in [0.1, 0.15) is 36.6 Å². The van der Waals surface area contributed by atoms with Crippen LogP contribution in [0.15, 0.2) is 11.6 Å². The van der Waals surface area contributed by atoms with Crippen LogP contribution in [0.3, 0.4) is 0 Å². The van der Waals surface area contributed by atoms with Gasteiger partial charge < -0.3 is 59.1 Å². The van der Waals surface area contributed by atoms with E-state index in [1.165, 1.54) is 6.92 Å². The number of unbranched alkanes of at least 4 members (excludes halogenated alkanes) is 1. The molecule has 5 unspecified atom stereocenters. The molecule has 6 fully saturated rings. The van der Waals surface area contributed by atoms with E-state index >= 15 is 0 Å². The first-order valence-corrected chi connectivity index (χ1v) is 23.7. The van der Waals surface area contributed by atoms with Crippen LogP contribution in [0.25, 0.3) is 0 Å². The van der Waals surface area contributed by atoms with Gasteiger partial charge in [-0.25, -0.2) is 9.59 Å². The Hall–Kier alpha value is -2.54. The number of carbonyl (C=O) groups is 4. The highest BCUT2D eigenvalue weighted by Gasteiger charge is 2.71. The Morgan fingerprint density at radius 2 is 1.36 bits per heavy atom. The van der Waals surface area contributed by atoms with Gasteiger partial charge in [0.2, 0.25) is 0 Å². The van der Waals surface area contributed by atoms with Crippen molar-refractivity contribution in [3.8, 4) is 0 Å². The molecule has 64 heavy (non-hydrogen) atoms. The standard InChI is InChI=1S/C48H74O16/c1-10-12-21-60-39(56)35-31(52)32(53)36(64-40-33(54)29(50)30(51)34(62-40)38(55)59-11-2)41(63-35)61-28-14-15-46(7)27(43(28,3)4)13-16-48(9)37(46)26(49)22-24-25-23-45(6,42(57)58)18-17-44(25,5)19-20-47(24,48)8/h22,25,27-37,40-41,50-54H,10-21,23H2,1-9H3,(H,57,58)/t25?,27?,28?,29-,30+,31+,32-,33-,34+,35+,36-,37?,40+,41-,44-,45+,46+,47?,48-/m1/s1. The number of rotatable bonds is 11. The second-order valence-corrected chi connectivity index (χ2v) is 22.2. The minimum Gasteiger partial charge on any atom is -0.481 e. The van der Waals surface area contributed by atoms with Crippen LogP contribution in [0.4, 0.5) is 0 Å². The molecule has 0 aromatic rings. The number of aliphatic hydroxyl groups excluding tert-OH is 5. The molecule has 0 radical (unpaired) electrons. The van der Waals surface area contributed by atoms with E-state index in [0.29, 0.717) is 32.1 Å². The summed E-state index contributed by atoms with van der Waals surface area (Å²) in [5, 5.41) is 65.6. The molecule has 7 rings (SSSR count). The van der Waals surface area contributed by atoms with Crippen molar-refractivity contribution in [1.29, 1.82) is 0 Å². The lowest BCUT2D eigenvalue weighted by Gasteiger charge is -2.70. The highest BCUT2D eigenvalue weighted by molar-refractivity contribution is 5.95. The number of carbonyl (C=O) groups excluding carboxylic acids is 3. The van der Waals surface area contributed by atoms with Crippen molar-refractivity contribution in [2.24, 2.45) is 50.2 Å². The summed E-state index contributed by atoms with van der Waals surface area (Å²) in [6.07, 6.45) is -9.21. The van der Waals surface area contributed by atoms with Crippen LogP contribution in [-0.2, 0) is 47.6 Å². The first-order valence-electron chi connectivity index (χ1n) is 23.7. The quantitative estimate of drug-likeness (QED) is 0.0976. The number of carboxylic acids is 1. The molecule has 19 atom stereocenters. The van der Waals surface area contributed by atoms with Crippen molar-refractivity contribution in [3.05, 3.63) is 11.6 Å². The molecule has 2 aliphatic heterocycles. The first kappa shape index (κ1) is 49.4. The minimum absolute atomic E-state index is 0.00860. The van der Waals surface area contributed by atoms with Gasteiger partial charge in [0.25, 0.3) is 0 Å². The van der Waals surface area contributed by atoms with Gasteiger partial charge >= 0.3 is 17.9 Å². The molecule has 0 aromatic carbocycles. The van der Waals surface area contributed by atoms with Crippen molar-refractivity contribution in [2.45, 2.75) is 200 Å². The molecular weight excluding hydrogens is 833 g/mol. The van der Waals surface area contributed by atoms with Gasteiger partial charge in [-0.1, -0.05) is 60.5 Å². The maximum absolute atomic E-state index is 15.0. The van der Waals surface area contributed by atoms with Crippen LogP contribution in [0.5, 0.6) is 0 Å². The van der Waals surface area contributed by atoms with Crippen molar-refractivity contribution in [3.63, 3.8) is 0 Å².